The van der Waals surface area contributed by atoms with E-state index < -0.39 is 0 Å². The van der Waals surface area contributed by atoms with Crippen LogP contribution in [0.4, 0.5) is 0 Å². The summed E-state index contributed by atoms with van der Waals surface area (Å²) in [6, 6.07) is 3.85. The Morgan fingerprint density at radius 2 is 2.16 bits per heavy atom. The molecule has 0 unspecified atom stereocenters. The fourth-order valence-electron chi connectivity index (χ4n) is 3.39. The van der Waals surface area contributed by atoms with Gasteiger partial charge in [0.1, 0.15) is 0 Å². The van der Waals surface area contributed by atoms with Gasteiger partial charge in [-0.25, -0.2) is 0 Å². The summed E-state index contributed by atoms with van der Waals surface area (Å²) in [7, 11) is 0. The van der Waals surface area contributed by atoms with Gasteiger partial charge < -0.3 is 19.7 Å². The summed E-state index contributed by atoms with van der Waals surface area (Å²) < 4.78 is 11.5. The van der Waals surface area contributed by atoms with Gasteiger partial charge in [0.05, 0.1) is 24.2 Å². The fourth-order valence-corrected chi connectivity index (χ4v) is 3.68. The van der Waals surface area contributed by atoms with Gasteiger partial charge in [-0.1, -0.05) is 25.4 Å². The highest BCUT2D eigenvalue weighted by atomic mass is 35.5. The van der Waals surface area contributed by atoms with Gasteiger partial charge in [0, 0.05) is 26.1 Å². The topological polar surface area (TPSA) is 50.8 Å². The number of ether oxygens (including phenoxy) is 2. The largest absolute Gasteiger partial charge is 0.489 e. The Morgan fingerprint density at radius 1 is 1.36 bits per heavy atom. The van der Waals surface area contributed by atoms with Gasteiger partial charge in [-0.15, -0.1) is 0 Å². The van der Waals surface area contributed by atoms with Crippen molar-refractivity contribution in [1.82, 2.24) is 10.2 Å². The zero-order valence-electron chi connectivity index (χ0n) is 15.0. The van der Waals surface area contributed by atoms with Crippen LogP contribution in [-0.2, 0) is 11.3 Å². The SMILES string of the molecule is CC(C)CN(Cc1cc(Cl)c2c(c1)OCCCO2)C(=O)[C@@H]1CCNC1. The lowest BCUT2D eigenvalue weighted by Crippen LogP contribution is -2.38. The Hall–Kier alpha value is -1.46. The molecule has 1 aromatic rings. The van der Waals surface area contributed by atoms with Crippen molar-refractivity contribution >= 4 is 17.5 Å². The molecular formula is C19H27ClN2O3. The maximum atomic E-state index is 12.9. The molecule has 1 amide bonds. The molecule has 2 aliphatic rings. The molecule has 1 fully saturated rings. The molecule has 138 valence electrons. The second-order valence-corrected chi connectivity index (χ2v) is 7.66. The van der Waals surface area contributed by atoms with Crippen molar-refractivity contribution < 1.29 is 14.3 Å². The van der Waals surface area contributed by atoms with Crippen LogP contribution in [0.3, 0.4) is 0 Å². The number of fused-ring (bicyclic) bond motifs is 1. The van der Waals surface area contributed by atoms with Crippen molar-refractivity contribution in [2.24, 2.45) is 11.8 Å². The summed E-state index contributed by atoms with van der Waals surface area (Å²) in [4.78, 5) is 14.9. The predicted molar refractivity (Wildman–Crippen MR) is 98.3 cm³/mol. The van der Waals surface area contributed by atoms with Crippen LogP contribution in [0.5, 0.6) is 11.5 Å². The minimum absolute atomic E-state index is 0.0784. The minimum Gasteiger partial charge on any atom is -0.489 e. The molecule has 0 spiro atoms. The highest BCUT2D eigenvalue weighted by molar-refractivity contribution is 6.32. The summed E-state index contributed by atoms with van der Waals surface area (Å²) in [6.07, 6.45) is 1.75. The number of carbonyl (C=O) groups is 1. The van der Waals surface area contributed by atoms with Crippen LogP contribution in [0.1, 0.15) is 32.3 Å². The fraction of sp³-hybridized carbons (Fsp3) is 0.632. The van der Waals surface area contributed by atoms with Gasteiger partial charge in [-0.2, -0.15) is 0 Å². The van der Waals surface area contributed by atoms with Crippen molar-refractivity contribution in [2.45, 2.75) is 33.2 Å². The number of hydrogen-bond donors (Lipinski definition) is 1. The van der Waals surface area contributed by atoms with Crippen molar-refractivity contribution in [2.75, 3.05) is 32.8 Å². The number of halogens is 1. The van der Waals surface area contributed by atoms with Crippen LogP contribution in [0.2, 0.25) is 5.02 Å². The standard InChI is InChI=1S/C19H27ClN2O3/c1-13(2)11-22(19(23)15-4-5-21-10-15)12-14-8-16(20)18-17(9-14)24-6-3-7-25-18/h8-9,13,15,21H,3-7,10-12H2,1-2H3/t15-/m1/s1. The quantitative estimate of drug-likeness (QED) is 0.870. The van der Waals surface area contributed by atoms with E-state index in [0.717, 1.165) is 38.0 Å². The smallest absolute Gasteiger partial charge is 0.227 e. The average Bonchev–Trinajstić information content (AvgIpc) is 2.99. The predicted octanol–water partition coefficient (Wildman–Crippen LogP) is 3.10. The van der Waals surface area contributed by atoms with Gasteiger partial charge in [0.25, 0.3) is 0 Å². The number of benzene rings is 1. The molecule has 0 radical (unpaired) electrons. The van der Waals surface area contributed by atoms with Crippen molar-refractivity contribution in [1.29, 1.82) is 0 Å². The summed E-state index contributed by atoms with van der Waals surface area (Å²) >= 11 is 6.40. The first-order valence-electron chi connectivity index (χ1n) is 9.12. The molecule has 25 heavy (non-hydrogen) atoms. The normalized spacial score (nSPS) is 19.8. The Labute approximate surface area is 154 Å². The van der Waals surface area contributed by atoms with E-state index in [1.165, 1.54) is 0 Å². The van der Waals surface area contributed by atoms with Crippen LogP contribution < -0.4 is 14.8 Å². The van der Waals surface area contributed by atoms with E-state index in [-0.39, 0.29) is 11.8 Å². The summed E-state index contributed by atoms with van der Waals surface area (Å²) in [5.41, 5.74) is 0.981. The van der Waals surface area contributed by atoms with Gasteiger partial charge in [-0.3, -0.25) is 4.79 Å². The maximum Gasteiger partial charge on any atom is 0.227 e. The minimum atomic E-state index is 0.0784. The second-order valence-electron chi connectivity index (χ2n) is 7.26. The van der Waals surface area contributed by atoms with E-state index >= 15 is 0 Å². The van der Waals surface area contributed by atoms with Crippen LogP contribution >= 0.6 is 11.6 Å². The van der Waals surface area contributed by atoms with E-state index in [1.54, 1.807) is 0 Å². The van der Waals surface area contributed by atoms with Crippen LogP contribution in [0.25, 0.3) is 0 Å². The highest BCUT2D eigenvalue weighted by Gasteiger charge is 2.28. The molecule has 5 nitrogen and oxygen atoms in total. The molecule has 0 bridgehead atoms. The number of carbonyl (C=O) groups excluding carboxylic acids is 1. The zero-order valence-corrected chi connectivity index (χ0v) is 15.8. The van der Waals surface area contributed by atoms with Crippen molar-refractivity contribution in [3.05, 3.63) is 22.7 Å². The molecule has 0 aromatic heterocycles. The molecule has 1 N–H and O–H groups in total. The molecule has 6 heteroatoms. The average molecular weight is 367 g/mol. The Bertz CT molecular complexity index is 615. The summed E-state index contributed by atoms with van der Waals surface area (Å²) in [6.45, 7) is 8.47. The van der Waals surface area contributed by atoms with Gasteiger partial charge in [0.15, 0.2) is 11.5 Å². The lowest BCUT2D eigenvalue weighted by Gasteiger charge is -2.27. The lowest BCUT2D eigenvalue weighted by molar-refractivity contribution is -0.136. The second kappa shape index (κ2) is 8.28. The first-order valence-corrected chi connectivity index (χ1v) is 9.50. The third-order valence-electron chi connectivity index (χ3n) is 4.54. The third kappa shape index (κ3) is 4.59. The van der Waals surface area contributed by atoms with Crippen LogP contribution in [-0.4, -0.2) is 43.7 Å². The number of nitrogens with zero attached hydrogens (tertiary/aromatic N) is 1. The first-order chi connectivity index (χ1) is 12.0. The Balaban J connectivity index is 1.80. The van der Waals surface area contributed by atoms with Crippen molar-refractivity contribution in [3.63, 3.8) is 0 Å². The number of amides is 1. The monoisotopic (exact) mass is 366 g/mol. The third-order valence-corrected chi connectivity index (χ3v) is 4.82. The summed E-state index contributed by atoms with van der Waals surface area (Å²) in [5, 5.41) is 3.83. The zero-order chi connectivity index (χ0) is 17.8. The highest BCUT2D eigenvalue weighted by Crippen LogP contribution is 2.38. The van der Waals surface area contributed by atoms with E-state index in [2.05, 4.69) is 19.2 Å². The molecule has 2 aliphatic heterocycles. The first kappa shape index (κ1) is 18.3. The molecule has 1 aromatic carbocycles. The van der Waals surface area contributed by atoms with Crippen LogP contribution in [0.15, 0.2) is 12.1 Å². The molecule has 0 aliphatic carbocycles. The van der Waals surface area contributed by atoms with E-state index in [0.29, 0.717) is 42.2 Å². The van der Waals surface area contributed by atoms with Gasteiger partial charge in [-0.05, 0) is 36.6 Å². The Morgan fingerprint density at radius 3 is 2.88 bits per heavy atom. The number of hydrogen-bond acceptors (Lipinski definition) is 4. The number of nitrogens with one attached hydrogen (secondary N) is 1. The van der Waals surface area contributed by atoms with Crippen molar-refractivity contribution in [3.8, 4) is 11.5 Å². The number of rotatable bonds is 5. The molecule has 1 atom stereocenters. The molecule has 1 saturated heterocycles. The summed E-state index contributed by atoms with van der Waals surface area (Å²) in [5.74, 6) is 2.01. The van der Waals surface area contributed by atoms with Gasteiger partial charge >= 0.3 is 0 Å². The van der Waals surface area contributed by atoms with E-state index in [9.17, 15) is 4.79 Å². The Kier molecular flexibility index (Phi) is 6.07. The van der Waals surface area contributed by atoms with Gasteiger partial charge in [0.2, 0.25) is 5.91 Å². The lowest BCUT2D eigenvalue weighted by atomic mass is 10.0. The van der Waals surface area contributed by atoms with Crippen LogP contribution in [0, 0.1) is 11.8 Å². The molecule has 3 rings (SSSR count). The molecule has 0 saturated carbocycles. The molecule has 2 heterocycles. The maximum absolute atomic E-state index is 12.9. The van der Waals surface area contributed by atoms with E-state index in [4.69, 9.17) is 21.1 Å². The molecular weight excluding hydrogens is 340 g/mol. The van der Waals surface area contributed by atoms with E-state index in [1.807, 2.05) is 17.0 Å².